The maximum Gasteiger partial charge on any atom is 0.406 e. The van der Waals surface area contributed by atoms with Crippen molar-refractivity contribution in [2.75, 3.05) is 128 Å². The van der Waals surface area contributed by atoms with Gasteiger partial charge in [-0.15, -0.1) is 0 Å². The van der Waals surface area contributed by atoms with Crippen molar-refractivity contribution in [3.8, 4) is 47.0 Å². The number of piperidine rings is 2. The quantitative estimate of drug-likeness (QED) is 0.0232. The van der Waals surface area contributed by atoms with E-state index < -0.39 is 58.0 Å². The number of sulfonamides is 1. The van der Waals surface area contributed by atoms with Crippen LogP contribution in [0.15, 0.2) is 149 Å². The Morgan fingerprint density at radius 2 is 0.901 bits per heavy atom. The van der Waals surface area contributed by atoms with Gasteiger partial charge in [-0.2, -0.15) is 39.5 Å². The number of halogens is 9. The average Bonchev–Trinajstić information content (AvgIpc) is 1.64. The molecule has 3 saturated heterocycles. The van der Waals surface area contributed by atoms with Gasteiger partial charge >= 0.3 is 18.5 Å². The summed E-state index contributed by atoms with van der Waals surface area (Å²) >= 11 is 0. The molecule has 0 spiro atoms. The highest BCUT2D eigenvalue weighted by Gasteiger charge is 2.34. The van der Waals surface area contributed by atoms with Crippen LogP contribution >= 0.6 is 0 Å². The van der Waals surface area contributed by atoms with E-state index in [9.17, 15) is 61.5 Å². The van der Waals surface area contributed by atoms with Gasteiger partial charge in [-0.05, 0) is 208 Å². The summed E-state index contributed by atoms with van der Waals surface area (Å²) in [4.78, 5) is 4.50. The Morgan fingerprint density at radius 3 is 1.26 bits per heavy atom. The number of β-amino-alcohol motifs (C(OH)–C–C–N with tert-alkyl or cyclic N) is 1. The molecule has 32 heteroatoms. The topological polar surface area (TPSA) is 238 Å². The fourth-order valence-corrected chi connectivity index (χ4v) is 17.2. The number of hydrogen-bond donors (Lipinski definition) is 8. The van der Waals surface area contributed by atoms with E-state index in [1.54, 1.807) is 93.9 Å². The number of aromatic nitrogens is 4. The number of ether oxygens (including phenoxy) is 2. The molecule has 3 aliphatic rings. The Morgan fingerprint density at radius 1 is 0.512 bits per heavy atom. The maximum absolute atomic E-state index is 13.6. The van der Waals surface area contributed by atoms with E-state index in [0.29, 0.717) is 87.1 Å². The molecule has 13 rings (SSSR count). The molecule has 0 aliphatic carbocycles. The molecular formula is C89H104F9N13O8S2. The van der Waals surface area contributed by atoms with Crippen LogP contribution in [0.25, 0.3) is 32.7 Å². The molecule has 10 aromatic rings. The van der Waals surface area contributed by atoms with Gasteiger partial charge in [0, 0.05) is 82.7 Å². The summed E-state index contributed by atoms with van der Waals surface area (Å²) < 4.78 is 192. The number of sulfone groups is 1. The zero-order chi connectivity index (χ0) is 87.2. The normalized spacial score (nSPS) is 15.3. The van der Waals surface area contributed by atoms with Crippen LogP contribution < -0.4 is 46.1 Å². The molecule has 3 fully saturated rings. The van der Waals surface area contributed by atoms with Gasteiger partial charge < -0.3 is 74.5 Å². The number of fused-ring (bicyclic) bond motifs is 3. The molecule has 3 aliphatic heterocycles. The van der Waals surface area contributed by atoms with Gasteiger partial charge in [0.15, 0.2) is 5.82 Å². The number of nitrogens with zero attached hydrogens (tertiary/aromatic N) is 6. The first kappa shape index (κ1) is 90.9. The number of benzene rings is 6. The zero-order valence-electron chi connectivity index (χ0n) is 69.4. The summed E-state index contributed by atoms with van der Waals surface area (Å²) in [7, 11) is -1.58. The minimum atomic E-state index is -4.44. The SMILES string of the molecule is COc1cc(C(C)(C)C)ccc1NCC#Cc1cc2c(NC3CCN(C)CC3)cccc2n1CC(F)(F)F.COc1cc(C(C)(C)C)ccc1NCC#Cc1cc2c(NC3CCS(=O)(=O)CC3)cccc2n1CC(F)(F)F.Cc1cc(NS(=O)(=O)c2ccc(NCC#Cc3cc4c(NC5CCN(CCO)CC5)cccc4n3CC(F)(F)F)cc2)no1. The second-order valence-corrected chi connectivity index (χ2v) is 36.4. The number of rotatable bonds is 22. The van der Waals surface area contributed by atoms with Crippen LogP contribution in [0.4, 0.5) is 79.5 Å². The predicted molar refractivity (Wildman–Crippen MR) is 462 cm³/mol. The van der Waals surface area contributed by atoms with E-state index in [-0.39, 0.29) is 82.8 Å². The standard InChI is InChI=1S/C30H33F3N6O4S.C30H37F3N4O.C29H34F3N3O3S/c1-21-18-29(36-43-21)37-44(41,42)25-9-7-22(8-10-25)34-13-3-4-24-19-26-27(35-23-11-14-38(15-12-23)16-17-40)5-2-6-28(26)39(24)20-30(31,32)33;1-29(2,3)21-11-12-26(28(18-21)38-5)34-15-7-8-23-19-24-25(35-22-13-16-36(4)17-14-22)9-6-10-27(24)37(23)20-30(31,32)33;1-28(2,3)20-10-11-25(27(17-20)38-4)33-14-6-7-22-18-23-24(34-21-12-15-39(36,37)16-13-21)8-5-9-26(23)35(22)19-29(30,31)32/h2,5-10,18-19,23,34-35,40H,11-17,20H2,1H3,(H,36,37);6,9-12,18-19,22,34-35H,13-17,20H2,1-5H3;5,8-11,17-18,21,33-34H,12-16,19H2,1-4H3. The van der Waals surface area contributed by atoms with Crippen molar-refractivity contribution < 1.29 is 75.5 Å². The fraction of sp³-hybridized carbons (Fsp3) is 0.427. The average molecular weight is 1720 g/mol. The van der Waals surface area contributed by atoms with Crippen LogP contribution in [0, 0.1) is 42.4 Å². The smallest absolute Gasteiger partial charge is 0.406 e. The molecule has 6 aromatic carbocycles. The third-order valence-electron chi connectivity index (χ3n) is 21.1. The molecular weight excluding hydrogens is 1610 g/mol. The van der Waals surface area contributed by atoms with Crippen molar-refractivity contribution in [2.24, 2.45) is 0 Å². The van der Waals surface area contributed by atoms with E-state index in [1.807, 2.05) is 48.5 Å². The van der Waals surface area contributed by atoms with Gasteiger partial charge in [0.25, 0.3) is 10.0 Å². The highest BCUT2D eigenvalue weighted by Crippen LogP contribution is 2.38. The van der Waals surface area contributed by atoms with Gasteiger partial charge in [-0.3, -0.25) is 4.72 Å². The van der Waals surface area contributed by atoms with Gasteiger partial charge in [-0.1, -0.05) is 94.8 Å². The molecule has 7 heterocycles. The molecule has 0 radical (unpaired) electrons. The van der Waals surface area contributed by atoms with E-state index in [4.69, 9.17) is 14.0 Å². The minimum Gasteiger partial charge on any atom is -0.495 e. The monoisotopic (exact) mass is 1720 g/mol. The zero-order valence-corrected chi connectivity index (χ0v) is 71.0. The van der Waals surface area contributed by atoms with Gasteiger partial charge in [0.05, 0.1) is 102 Å². The Balaban J connectivity index is 0.000000178. The van der Waals surface area contributed by atoms with E-state index in [0.717, 1.165) is 91.1 Å². The second kappa shape index (κ2) is 38.9. The van der Waals surface area contributed by atoms with Gasteiger partial charge in [0.1, 0.15) is 46.7 Å². The van der Waals surface area contributed by atoms with Crippen molar-refractivity contribution in [1.82, 2.24) is 28.7 Å². The lowest BCUT2D eigenvalue weighted by Crippen LogP contribution is -2.40. The van der Waals surface area contributed by atoms with Gasteiger partial charge in [0.2, 0.25) is 0 Å². The molecule has 121 heavy (non-hydrogen) atoms. The van der Waals surface area contributed by atoms with Crippen LogP contribution in [-0.2, 0) is 50.3 Å². The molecule has 0 unspecified atom stereocenters. The maximum atomic E-state index is 13.6. The predicted octanol–water partition coefficient (Wildman–Crippen LogP) is 17.1. The summed E-state index contributed by atoms with van der Waals surface area (Å²) in [6.07, 6.45) is -8.59. The molecule has 0 atom stereocenters. The first-order valence-corrected chi connectivity index (χ1v) is 43.2. The number of aliphatic hydroxyl groups excluding tert-OH is 1. The van der Waals surface area contributed by atoms with Crippen LogP contribution in [0.1, 0.15) is 114 Å². The number of hydrogen-bond acceptors (Lipinski definition) is 17. The minimum absolute atomic E-state index is 0.0153. The molecule has 648 valence electrons. The lowest BCUT2D eigenvalue weighted by molar-refractivity contribution is -0.140. The highest BCUT2D eigenvalue weighted by molar-refractivity contribution is 7.92. The molecule has 0 bridgehead atoms. The van der Waals surface area contributed by atoms with Crippen LogP contribution in [-0.4, -0.2) is 179 Å². The van der Waals surface area contributed by atoms with Crippen LogP contribution in [0.5, 0.6) is 11.5 Å². The second-order valence-electron chi connectivity index (χ2n) is 32.4. The largest absolute Gasteiger partial charge is 0.495 e. The molecule has 21 nitrogen and oxygen atoms in total. The highest BCUT2D eigenvalue weighted by atomic mass is 32.2. The van der Waals surface area contributed by atoms with Crippen molar-refractivity contribution >= 4 is 92.5 Å². The summed E-state index contributed by atoms with van der Waals surface area (Å²) in [5.41, 5.74) is 8.81. The van der Waals surface area contributed by atoms with Crippen LogP contribution in [0.2, 0.25) is 0 Å². The Bertz CT molecular complexity index is 5660. The van der Waals surface area contributed by atoms with E-state index >= 15 is 0 Å². The van der Waals surface area contributed by atoms with Crippen molar-refractivity contribution in [3.05, 3.63) is 173 Å². The third kappa shape index (κ3) is 25.4. The molecule has 0 saturated carbocycles. The molecule has 0 amide bonds. The van der Waals surface area contributed by atoms with E-state index in [2.05, 4.69) is 136 Å². The first-order valence-electron chi connectivity index (χ1n) is 39.9. The number of anilines is 7. The Labute approximate surface area is 700 Å². The summed E-state index contributed by atoms with van der Waals surface area (Å²) in [5.74, 6) is 19.7. The number of nitrogens with one attached hydrogen (secondary N) is 7. The lowest BCUT2D eigenvalue weighted by Gasteiger charge is -2.32. The summed E-state index contributed by atoms with van der Waals surface area (Å²) in [6.45, 7) is 16.0. The first-order chi connectivity index (χ1) is 57.2. The third-order valence-corrected chi connectivity index (χ3v) is 24.2. The Kier molecular flexibility index (Phi) is 29.3. The number of likely N-dealkylation sites (tertiary alicyclic amines) is 2. The molecule has 8 N–H and O–H groups in total. The number of alkyl halides is 9. The summed E-state index contributed by atoms with van der Waals surface area (Å²) in [6, 6.07) is 40.7. The number of aryl methyl sites for hydroxylation is 1. The van der Waals surface area contributed by atoms with Crippen LogP contribution in [0.3, 0.4) is 0 Å². The Hall–Kier alpha value is -10.8. The van der Waals surface area contributed by atoms with Gasteiger partial charge in [-0.25, -0.2) is 16.8 Å². The van der Waals surface area contributed by atoms with Crippen molar-refractivity contribution in [3.63, 3.8) is 0 Å². The number of aliphatic hydroxyl groups is 1. The lowest BCUT2D eigenvalue weighted by atomic mass is 9.87. The van der Waals surface area contributed by atoms with Crippen molar-refractivity contribution in [1.29, 1.82) is 0 Å². The van der Waals surface area contributed by atoms with E-state index in [1.165, 1.54) is 31.9 Å². The fourth-order valence-electron chi connectivity index (χ4n) is 14.7. The molecule has 4 aromatic heterocycles. The summed E-state index contributed by atoms with van der Waals surface area (Å²) in [5, 5.41) is 34.8. The number of methoxy groups -OCH3 is 2. The van der Waals surface area contributed by atoms with Crippen molar-refractivity contribution in [2.45, 2.75) is 159 Å².